The molecule has 1 N–H and O–H groups in total. The second-order valence-electron chi connectivity index (χ2n) is 6.73. The van der Waals surface area contributed by atoms with Crippen LogP contribution in [0, 0.1) is 10.1 Å². The quantitative estimate of drug-likeness (QED) is 0.592. The summed E-state index contributed by atoms with van der Waals surface area (Å²) in [6.45, 7) is 1.09. The summed E-state index contributed by atoms with van der Waals surface area (Å²) in [5.41, 5.74) is 0.502. The van der Waals surface area contributed by atoms with Crippen LogP contribution in [0.3, 0.4) is 0 Å². The Bertz CT molecular complexity index is 888. The van der Waals surface area contributed by atoms with E-state index in [1.165, 1.54) is 18.5 Å². The number of aromatic carboxylic acids is 1. The number of para-hydroxylation sites is 2. The summed E-state index contributed by atoms with van der Waals surface area (Å²) < 4.78 is 1.64. The van der Waals surface area contributed by atoms with Crippen molar-refractivity contribution in [2.75, 3.05) is 31.6 Å². The predicted molar refractivity (Wildman–Crippen MR) is 100 cm³/mol. The van der Waals surface area contributed by atoms with Gasteiger partial charge in [-0.05, 0) is 18.9 Å². The number of carbonyl (C=O) groups is 2. The Morgan fingerprint density at radius 1 is 1.32 bits per heavy atom. The number of likely N-dealkylation sites (tertiary alicyclic amines) is 1. The number of nitro groups is 1. The molecule has 0 bridgehead atoms. The van der Waals surface area contributed by atoms with E-state index in [9.17, 15) is 19.7 Å². The highest BCUT2D eigenvalue weighted by atomic mass is 16.6. The number of nitro benzene ring substituents is 1. The first-order valence-electron chi connectivity index (χ1n) is 8.86. The fraction of sp³-hybridized carbons (Fsp3) is 0.389. The Hall–Kier alpha value is -3.43. The number of amides is 1. The smallest absolute Gasteiger partial charge is 0.338 e. The fourth-order valence-electron chi connectivity index (χ4n) is 3.36. The molecule has 1 saturated heterocycles. The predicted octanol–water partition coefficient (Wildman–Crippen LogP) is 1.79. The van der Waals surface area contributed by atoms with Crippen LogP contribution in [-0.2, 0) is 4.79 Å². The number of piperidine rings is 1. The SMILES string of the molecule is CN(CC(=O)N1CCC(n2cc(C(=O)O)cn2)CC1)c1ccccc1[N+](=O)[O-]. The first-order chi connectivity index (χ1) is 13.4. The van der Waals surface area contributed by atoms with E-state index in [0.29, 0.717) is 31.6 Å². The molecule has 2 aromatic rings. The highest BCUT2D eigenvalue weighted by molar-refractivity contribution is 5.86. The molecule has 3 rings (SSSR count). The molecule has 2 heterocycles. The number of aromatic nitrogens is 2. The average molecular weight is 387 g/mol. The van der Waals surface area contributed by atoms with Gasteiger partial charge in [0.15, 0.2) is 0 Å². The fourth-order valence-corrected chi connectivity index (χ4v) is 3.36. The van der Waals surface area contributed by atoms with Crippen LogP contribution in [0.5, 0.6) is 0 Å². The molecule has 10 heteroatoms. The van der Waals surface area contributed by atoms with Gasteiger partial charge in [0, 0.05) is 32.4 Å². The molecule has 0 atom stereocenters. The molecule has 1 fully saturated rings. The summed E-state index contributed by atoms with van der Waals surface area (Å²) in [6, 6.07) is 6.37. The Kier molecular flexibility index (Phi) is 5.57. The summed E-state index contributed by atoms with van der Waals surface area (Å²) in [5, 5.41) is 24.3. The number of carboxylic acids is 1. The number of rotatable bonds is 6. The third kappa shape index (κ3) is 4.11. The first kappa shape index (κ1) is 19.3. The zero-order valence-electron chi connectivity index (χ0n) is 15.4. The highest BCUT2D eigenvalue weighted by Crippen LogP contribution is 2.27. The van der Waals surface area contributed by atoms with Crippen LogP contribution in [0.4, 0.5) is 11.4 Å². The Balaban J connectivity index is 1.58. The summed E-state index contributed by atoms with van der Waals surface area (Å²) >= 11 is 0. The minimum Gasteiger partial charge on any atom is -0.478 e. The second-order valence-corrected chi connectivity index (χ2v) is 6.73. The van der Waals surface area contributed by atoms with E-state index in [1.54, 1.807) is 39.7 Å². The van der Waals surface area contributed by atoms with Crippen molar-refractivity contribution >= 4 is 23.3 Å². The van der Waals surface area contributed by atoms with Crippen molar-refractivity contribution in [3.63, 3.8) is 0 Å². The van der Waals surface area contributed by atoms with Crippen molar-refractivity contribution in [1.29, 1.82) is 0 Å². The minimum absolute atomic E-state index is 0.0376. The third-order valence-corrected chi connectivity index (χ3v) is 4.90. The Labute approximate surface area is 161 Å². The molecule has 28 heavy (non-hydrogen) atoms. The van der Waals surface area contributed by atoms with E-state index in [1.807, 2.05) is 0 Å². The van der Waals surface area contributed by atoms with E-state index in [4.69, 9.17) is 5.11 Å². The lowest BCUT2D eigenvalue weighted by atomic mass is 10.1. The molecule has 0 aliphatic carbocycles. The van der Waals surface area contributed by atoms with Crippen LogP contribution < -0.4 is 4.90 Å². The summed E-state index contributed by atoms with van der Waals surface area (Å²) in [6.07, 6.45) is 4.16. The molecule has 10 nitrogen and oxygen atoms in total. The van der Waals surface area contributed by atoms with Crippen molar-refractivity contribution in [3.8, 4) is 0 Å². The van der Waals surface area contributed by atoms with Crippen LogP contribution in [0.15, 0.2) is 36.7 Å². The molecule has 1 aromatic heterocycles. The van der Waals surface area contributed by atoms with Crippen molar-refractivity contribution < 1.29 is 19.6 Å². The van der Waals surface area contributed by atoms with Crippen molar-refractivity contribution in [3.05, 3.63) is 52.3 Å². The van der Waals surface area contributed by atoms with Crippen molar-refractivity contribution in [2.24, 2.45) is 0 Å². The summed E-state index contributed by atoms with van der Waals surface area (Å²) in [7, 11) is 1.66. The van der Waals surface area contributed by atoms with Crippen LogP contribution in [0.25, 0.3) is 0 Å². The zero-order chi connectivity index (χ0) is 20.3. The monoisotopic (exact) mass is 387 g/mol. The van der Waals surface area contributed by atoms with Gasteiger partial charge in [0.1, 0.15) is 5.69 Å². The van der Waals surface area contributed by atoms with E-state index in [-0.39, 0.29) is 29.7 Å². The van der Waals surface area contributed by atoms with Crippen molar-refractivity contribution in [1.82, 2.24) is 14.7 Å². The maximum atomic E-state index is 12.6. The Morgan fingerprint density at radius 3 is 2.61 bits per heavy atom. The molecular weight excluding hydrogens is 366 g/mol. The maximum Gasteiger partial charge on any atom is 0.338 e. The zero-order valence-corrected chi connectivity index (χ0v) is 15.4. The lowest BCUT2D eigenvalue weighted by Crippen LogP contribution is -2.43. The number of carboxylic acid groups (broad SMARTS) is 1. The number of likely N-dealkylation sites (N-methyl/N-ethyl adjacent to an activating group) is 1. The molecule has 1 amide bonds. The lowest BCUT2D eigenvalue weighted by Gasteiger charge is -2.33. The van der Waals surface area contributed by atoms with Gasteiger partial charge < -0.3 is 14.9 Å². The second kappa shape index (κ2) is 8.07. The van der Waals surface area contributed by atoms with Gasteiger partial charge in [-0.15, -0.1) is 0 Å². The van der Waals surface area contributed by atoms with E-state index in [2.05, 4.69) is 5.10 Å². The van der Waals surface area contributed by atoms with Crippen LogP contribution >= 0.6 is 0 Å². The van der Waals surface area contributed by atoms with Gasteiger partial charge in [-0.3, -0.25) is 19.6 Å². The standard InChI is InChI=1S/C18H21N5O5/c1-20(15-4-2-3-5-16(15)23(27)28)12-17(24)21-8-6-14(7-9-21)22-11-13(10-19-22)18(25)26/h2-5,10-11,14H,6-9,12H2,1H3,(H,25,26). The van der Waals surface area contributed by atoms with Gasteiger partial charge in [0.05, 0.1) is 29.3 Å². The Morgan fingerprint density at radius 2 is 2.00 bits per heavy atom. The molecule has 0 saturated carbocycles. The number of carbonyl (C=O) groups excluding carboxylic acids is 1. The summed E-state index contributed by atoms with van der Waals surface area (Å²) in [4.78, 5) is 37.6. The number of benzene rings is 1. The molecule has 0 unspecified atom stereocenters. The van der Waals surface area contributed by atoms with E-state index >= 15 is 0 Å². The van der Waals surface area contributed by atoms with Gasteiger partial charge in [0.25, 0.3) is 5.69 Å². The van der Waals surface area contributed by atoms with Gasteiger partial charge >= 0.3 is 5.97 Å². The average Bonchev–Trinajstić information content (AvgIpc) is 3.18. The molecule has 0 spiro atoms. The van der Waals surface area contributed by atoms with Gasteiger partial charge in [-0.25, -0.2) is 4.79 Å². The normalized spacial score (nSPS) is 14.7. The van der Waals surface area contributed by atoms with Crippen LogP contribution in [0.1, 0.15) is 29.2 Å². The largest absolute Gasteiger partial charge is 0.478 e. The molecule has 1 aromatic carbocycles. The number of hydrogen-bond donors (Lipinski definition) is 1. The van der Waals surface area contributed by atoms with Gasteiger partial charge in [0.2, 0.25) is 5.91 Å². The van der Waals surface area contributed by atoms with Crippen LogP contribution in [-0.4, -0.2) is 63.3 Å². The number of nitrogens with zero attached hydrogens (tertiary/aromatic N) is 5. The minimum atomic E-state index is -1.02. The molecule has 148 valence electrons. The molecule has 1 aliphatic rings. The lowest BCUT2D eigenvalue weighted by molar-refractivity contribution is -0.384. The molecular formula is C18H21N5O5. The maximum absolute atomic E-state index is 12.6. The van der Waals surface area contributed by atoms with Gasteiger partial charge in [-0.1, -0.05) is 12.1 Å². The summed E-state index contributed by atoms with van der Waals surface area (Å²) in [5.74, 6) is -1.12. The third-order valence-electron chi connectivity index (χ3n) is 4.90. The number of anilines is 1. The van der Waals surface area contributed by atoms with Gasteiger partial charge in [-0.2, -0.15) is 5.10 Å². The van der Waals surface area contributed by atoms with E-state index in [0.717, 1.165) is 0 Å². The highest BCUT2D eigenvalue weighted by Gasteiger charge is 2.26. The molecule has 0 radical (unpaired) electrons. The van der Waals surface area contributed by atoms with Crippen molar-refractivity contribution in [2.45, 2.75) is 18.9 Å². The van der Waals surface area contributed by atoms with Crippen LogP contribution in [0.2, 0.25) is 0 Å². The topological polar surface area (TPSA) is 122 Å². The first-order valence-corrected chi connectivity index (χ1v) is 8.86. The number of hydrogen-bond acceptors (Lipinski definition) is 6. The molecule has 1 aliphatic heterocycles. The van der Waals surface area contributed by atoms with E-state index < -0.39 is 10.9 Å².